The lowest BCUT2D eigenvalue weighted by Gasteiger charge is -2.34. The van der Waals surface area contributed by atoms with E-state index in [4.69, 9.17) is 18.6 Å². The summed E-state index contributed by atoms with van der Waals surface area (Å²) >= 11 is 0. The molecule has 3 aliphatic rings. The van der Waals surface area contributed by atoms with Crippen LogP contribution in [-0.2, 0) is 0 Å². The highest BCUT2D eigenvalue weighted by Crippen LogP contribution is 2.38. The van der Waals surface area contributed by atoms with Gasteiger partial charge in [-0.2, -0.15) is 0 Å². The molecule has 1 aromatic heterocycles. The van der Waals surface area contributed by atoms with Gasteiger partial charge in [0.05, 0.1) is 37.6 Å². The van der Waals surface area contributed by atoms with Gasteiger partial charge in [-0.05, 0) is 94.1 Å². The number of amides is 1. The van der Waals surface area contributed by atoms with E-state index in [1.165, 1.54) is 0 Å². The summed E-state index contributed by atoms with van der Waals surface area (Å²) in [5.74, 6) is 2.77. The number of hydrogen-bond acceptors (Lipinski definition) is 9. The van der Waals surface area contributed by atoms with Crippen molar-refractivity contribution < 1.29 is 23.4 Å². The van der Waals surface area contributed by atoms with Crippen molar-refractivity contribution in [1.82, 2.24) is 19.7 Å². The van der Waals surface area contributed by atoms with Gasteiger partial charge in [-0.25, -0.2) is 4.98 Å². The number of benzene rings is 3. The maximum absolute atomic E-state index is 13.1. The van der Waals surface area contributed by atoms with Gasteiger partial charge < -0.3 is 33.3 Å². The van der Waals surface area contributed by atoms with Crippen LogP contribution < -0.4 is 14.2 Å². The van der Waals surface area contributed by atoms with Crippen LogP contribution >= 0.6 is 0 Å². The van der Waals surface area contributed by atoms with Crippen molar-refractivity contribution >= 4 is 28.9 Å². The largest absolute Gasteiger partial charge is 0.494 e. The number of hydrogen-bond donors (Lipinski definition) is 0. The predicted octanol–water partition coefficient (Wildman–Crippen LogP) is 6.46. The molecular weight excluding hydrogens is 606 g/mol. The van der Waals surface area contributed by atoms with Crippen molar-refractivity contribution in [2.75, 3.05) is 66.1 Å². The first-order valence-electron chi connectivity index (χ1n) is 17.4. The van der Waals surface area contributed by atoms with Crippen LogP contribution in [0.15, 0.2) is 70.1 Å². The van der Waals surface area contributed by atoms with Crippen LogP contribution in [0.5, 0.6) is 17.2 Å². The quantitative estimate of drug-likeness (QED) is 0.144. The molecule has 48 heavy (non-hydrogen) atoms. The second-order valence-electron chi connectivity index (χ2n) is 12.8. The highest BCUT2D eigenvalue weighted by atomic mass is 16.5. The highest BCUT2D eigenvalue weighted by Gasteiger charge is 2.32. The van der Waals surface area contributed by atoms with E-state index in [9.17, 15) is 4.79 Å². The standard InChI is InChI=1S/C38H45N5O5/c1-45-35-25-31-33(39-27-29-9-8-18-43(29)38(31)44)26-36(35)47-24-7-5-17-42-21-19-41(20-22-42)16-4-6-23-46-30-14-12-28(13-15-30)37-40-32-10-2-3-11-34(32)48-37/h2-3,10-15,25-27,29H,4-9,16-24H2,1H3/t29-/m0/s1. The first-order valence-corrected chi connectivity index (χ1v) is 17.4. The van der Waals surface area contributed by atoms with Crippen LogP contribution in [0.2, 0.25) is 0 Å². The van der Waals surface area contributed by atoms with E-state index in [1.54, 1.807) is 13.2 Å². The number of carbonyl (C=O) groups excluding carboxylic acids is 1. The van der Waals surface area contributed by atoms with E-state index in [-0.39, 0.29) is 11.9 Å². The van der Waals surface area contributed by atoms with Crippen LogP contribution in [0.4, 0.5) is 5.69 Å². The zero-order valence-electron chi connectivity index (χ0n) is 27.8. The number of carbonyl (C=O) groups is 1. The fraction of sp³-hybridized carbons (Fsp3) is 0.447. The van der Waals surface area contributed by atoms with Gasteiger partial charge in [0.15, 0.2) is 17.1 Å². The summed E-state index contributed by atoms with van der Waals surface area (Å²) in [6.07, 6.45) is 8.09. The molecule has 2 fully saturated rings. The molecule has 1 amide bonds. The molecule has 0 saturated carbocycles. The molecule has 2 saturated heterocycles. The van der Waals surface area contributed by atoms with Crippen LogP contribution in [0, 0.1) is 0 Å². The minimum absolute atomic E-state index is 0.0281. The third-order valence-corrected chi connectivity index (χ3v) is 9.58. The summed E-state index contributed by atoms with van der Waals surface area (Å²) in [5, 5.41) is 0. The van der Waals surface area contributed by atoms with Crippen molar-refractivity contribution in [3.63, 3.8) is 0 Å². The molecule has 1 atom stereocenters. The normalized spacial score (nSPS) is 18.1. The summed E-state index contributed by atoms with van der Waals surface area (Å²) in [7, 11) is 1.62. The van der Waals surface area contributed by atoms with E-state index in [0.717, 1.165) is 107 Å². The van der Waals surface area contributed by atoms with Gasteiger partial charge in [0.25, 0.3) is 5.91 Å². The summed E-state index contributed by atoms with van der Waals surface area (Å²) < 4.78 is 23.6. The Morgan fingerprint density at radius 3 is 2.29 bits per heavy atom. The molecule has 0 radical (unpaired) electrons. The molecule has 252 valence electrons. The molecule has 0 unspecified atom stereocenters. The number of aliphatic imine (C=N–C) groups is 1. The van der Waals surface area contributed by atoms with E-state index >= 15 is 0 Å². The number of rotatable bonds is 14. The van der Waals surface area contributed by atoms with E-state index in [0.29, 0.717) is 41.9 Å². The van der Waals surface area contributed by atoms with Crippen LogP contribution in [0.25, 0.3) is 22.6 Å². The molecule has 3 aliphatic heterocycles. The van der Waals surface area contributed by atoms with Gasteiger partial charge in [0.1, 0.15) is 11.3 Å². The number of aromatic nitrogens is 1. The number of para-hydroxylation sites is 2. The lowest BCUT2D eigenvalue weighted by atomic mass is 10.1. The molecule has 0 spiro atoms. The number of methoxy groups -OCH3 is 1. The summed E-state index contributed by atoms with van der Waals surface area (Å²) in [4.78, 5) is 29.3. The first-order chi connectivity index (χ1) is 23.6. The molecule has 0 N–H and O–H groups in total. The Balaban J connectivity index is 0.760. The Hall–Kier alpha value is -4.41. The van der Waals surface area contributed by atoms with E-state index in [1.807, 2.05) is 65.7 Å². The average molecular weight is 652 g/mol. The monoisotopic (exact) mass is 651 g/mol. The molecule has 10 heteroatoms. The molecule has 4 aromatic rings. The third kappa shape index (κ3) is 7.50. The summed E-state index contributed by atoms with van der Waals surface area (Å²) in [5.41, 5.74) is 3.87. The van der Waals surface area contributed by atoms with Crippen molar-refractivity contribution in [2.45, 2.75) is 44.6 Å². The maximum Gasteiger partial charge on any atom is 0.256 e. The van der Waals surface area contributed by atoms with Crippen molar-refractivity contribution in [3.8, 4) is 28.7 Å². The summed E-state index contributed by atoms with van der Waals surface area (Å²) in [6, 6.07) is 19.5. The van der Waals surface area contributed by atoms with Crippen molar-refractivity contribution in [3.05, 3.63) is 66.2 Å². The summed E-state index contributed by atoms with van der Waals surface area (Å²) in [6.45, 7) is 8.71. The van der Waals surface area contributed by atoms with Gasteiger partial charge in [-0.3, -0.25) is 9.79 Å². The Kier molecular flexibility index (Phi) is 10.2. The molecule has 4 heterocycles. The fourth-order valence-electron chi connectivity index (χ4n) is 6.79. The molecule has 0 bridgehead atoms. The number of piperazine rings is 1. The fourth-order valence-corrected chi connectivity index (χ4v) is 6.79. The minimum Gasteiger partial charge on any atom is -0.494 e. The molecular formula is C38H45N5O5. The first kappa shape index (κ1) is 32.2. The number of nitrogens with zero attached hydrogens (tertiary/aromatic N) is 5. The van der Waals surface area contributed by atoms with Crippen LogP contribution in [0.3, 0.4) is 0 Å². The van der Waals surface area contributed by atoms with E-state index < -0.39 is 0 Å². The predicted molar refractivity (Wildman–Crippen MR) is 187 cm³/mol. The van der Waals surface area contributed by atoms with Crippen molar-refractivity contribution in [2.24, 2.45) is 4.99 Å². The van der Waals surface area contributed by atoms with Crippen molar-refractivity contribution in [1.29, 1.82) is 0 Å². The average Bonchev–Trinajstić information content (AvgIpc) is 3.76. The maximum atomic E-state index is 13.1. The van der Waals surface area contributed by atoms with Crippen LogP contribution in [-0.4, -0.2) is 104 Å². The van der Waals surface area contributed by atoms with Gasteiger partial charge in [0, 0.05) is 50.6 Å². The topological polar surface area (TPSA) is 92.9 Å². The SMILES string of the molecule is COc1cc2c(cc1OCCCCN1CCN(CCCCOc3ccc(-c4nc5ccccc5o4)cc3)CC1)N=C[C@@H]1CCCN1C2=O. The Bertz CT molecular complexity index is 1680. The lowest BCUT2D eigenvalue weighted by molar-refractivity contribution is 0.0774. The molecule has 7 rings (SSSR count). The molecule has 0 aliphatic carbocycles. The van der Waals surface area contributed by atoms with Gasteiger partial charge >= 0.3 is 0 Å². The third-order valence-electron chi connectivity index (χ3n) is 9.58. The van der Waals surface area contributed by atoms with Gasteiger partial charge in [0.2, 0.25) is 5.89 Å². The zero-order valence-corrected chi connectivity index (χ0v) is 27.8. The molecule has 10 nitrogen and oxygen atoms in total. The minimum atomic E-state index is 0.0281. The number of oxazole rings is 1. The number of unbranched alkanes of at least 4 members (excludes halogenated alkanes) is 2. The second-order valence-corrected chi connectivity index (χ2v) is 12.8. The lowest BCUT2D eigenvalue weighted by Crippen LogP contribution is -2.46. The second kappa shape index (κ2) is 15.2. The smallest absolute Gasteiger partial charge is 0.256 e. The van der Waals surface area contributed by atoms with Gasteiger partial charge in [-0.1, -0.05) is 12.1 Å². The molecule has 3 aromatic carbocycles. The van der Waals surface area contributed by atoms with E-state index in [2.05, 4.69) is 19.8 Å². The Morgan fingerprint density at radius 2 is 1.56 bits per heavy atom. The van der Waals surface area contributed by atoms with Gasteiger partial charge in [-0.15, -0.1) is 0 Å². The van der Waals surface area contributed by atoms with Crippen LogP contribution in [0.1, 0.15) is 48.9 Å². The number of ether oxygens (including phenoxy) is 3. The Morgan fingerprint density at radius 1 is 0.833 bits per heavy atom. The zero-order chi connectivity index (χ0) is 32.7. The Labute approximate surface area is 282 Å². The number of fused-ring (bicyclic) bond motifs is 3. The highest BCUT2D eigenvalue weighted by molar-refractivity contribution is 6.03.